The third kappa shape index (κ3) is 4.84. The fraction of sp³-hybridized carbons (Fsp3) is 0.433. The summed E-state index contributed by atoms with van der Waals surface area (Å²) in [6.07, 6.45) is 4.72. The zero-order chi connectivity index (χ0) is 29.1. The molecule has 3 aliphatic heterocycles. The lowest BCUT2D eigenvalue weighted by Gasteiger charge is -2.44. The average molecular weight is 557 g/mol. The molecule has 1 saturated heterocycles. The molecular weight excluding hydrogens is 520 g/mol. The molecule has 1 aromatic heterocycles. The van der Waals surface area contributed by atoms with Crippen LogP contribution in [0.25, 0.3) is 5.70 Å². The van der Waals surface area contributed by atoms with Crippen molar-refractivity contribution >= 4 is 35.7 Å². The van der Waals surface area contributed by atoms with Crippen LogP contribution in [0.15, 0.2) is 58.2 Å². The Kier molecular flexibility index (Phi) is 6.37. The van der Waals surface area contributed by atoms with Gasteiger partial charge in [-0.2, -0.15) is 5.01 Å². The smallest absolute Gasteiger partial charge is 0.410 e. The van der Waals surface area contributed by atoms with E-state index >= 15 is 0 Å². The number of ether oxygens (including phenoxy) is 1. The Bertz CT molecular complexity index is 1490. The molecule has 6 rings (SSSR count). The highest BCUT2D eigenvalue weighted by Crippen LogP contribution is 2.47. The van der Waals surface area contributed by atoms with Gasteiger partial charge in [0.1, 0.15) is 23.6 Å². The second kappa shape index (κ2) is 9.69. The summed E-state index contributed by atoms with van der Waals surface area (Å²) in [6, 6.07) is 11.0. The lowest BCUT2D eigenvalue weighted by Crippen LogP contribution is -2.61. The van der Waals surface area contributed by atoms with Crippen LogP contribution in [0.3, 0.4) is 0 Å². The van der Waals surface area contributed by atoms with Gasteiger partial charge in [0, 0.05) is 18.3 Å². The van der Waals surface area contributed by atoms with E-state index in [9.17, 15) is 9.59 Å². The number of amidine groups is 1. The van der Waals surface area contributed by atoms with Crippen LogP contribution < -0.4 is 16.5 Å². The van der Waals surface area contributed by atoms with E-state index in [0.717, 1.165) is 35.2 Å². The maximum Gasteiger partial charge on any atom is 0.410 e. The van der Waals surface area contributed by atoms with Gasteiger partial charge < -0.3 is 26.1 Å². The van der Waals surface area contributed by atoms with E-state index in [4.69, 9.17) is 15.5 Å². The molecule has 11 heteroatoms. The molecule has 2 aromatic rings. The Labute approximate surface area is 239 Å². The number of pyridine rings is 1. The quantitative estimate of drug-likeness (QED) is 0.522. The minimum Gasteiger partial charge on any atom is -0.444 e. The number of piperidine rings is 1. The number of aryl methyl sites for hydroxylation is 1. The fourth-order valence-corrected chi connectivity index (χ4v) is 6.40. The first-order valence-electron chi connectivity index (χ1n) is 13.9. The van der Waals surface area contributed by atoms with E-state index in [1.165, 1.54) is 6.34 Å². The van der Waals surface area contributed by atoms with E-state index in [-0.39, 0.29) is 24.1 Å². The van der Waals surface area contributed by atoms with Gasteiger partial charge in [-0.1, -0.05) is 12.1 Å². The highest BCUT2D eigenvalue weighted by Gasteiger charge is 2.57. The molecule has 4 N–H and O–H groups in total. The Morgan fingerprint density at radius 1 is 1.15 bits per heavy atom. The Morgan fingerprint density at radius 3 is 2.56 bits per heavy atom. The van der Waals surface area contributed by atoms with Gasteiger partial charge in [-0.15, -0.1) is 0 Å². The Hall–Kier alpha value is -4.25. The maximum atomic E-state index is 13.1. The molecule has 1 aromatic carbocycles. The minimum absolute atomic E-state index is 0.00583. The first kappa shape index (κ1) is 26.9. The normalized spacial score (nSPS) is 27.0. The maximum absolute atomic E-state index is 13.1. The highest BCUT2D eigenvalue weighted by atomic mass is 16.6. The second-order valence-corrected chi connectivity index (χ2v) is 12.4. The van der Waals surface area contributed by atoms with Crippen molar-refractivity contribution in [3.8, 4) is 0 Å². The number of hydrogen-bond donors (Lipinski definition) is 3. The van der Waals surface area contributed by atoms with Crippen LogP contribution in [0.1, 0.15) is 62.0 Å². The molecule has 11 nitrogen and oxygen atoms in total. The predicted octanol–water partition coefficient (Wildman–Crippen LogP) is 3.69. The van der Waals surface area contributed by atoms with E-state index in [0.29, 0.717) is 29.7 Å². The molecule has 0 spiro atoms. The number of aliphatic imine (C=N–C) groups is 2. The zero-order valence-corrected chi connectivity index (χ0v) is 24.0. The minimum atomic E-state index is -0.817. The van der Waals surface area contributed by atoms with Crippen LogP contribution in [0, 0.1) is 12.8 Å². The number of nitrogens with two attached hydrogens (primary N) is 1. The summed E-state index contributed by atoms with van der Waals surface area (Å²) in [5.41, 5.74) is 12.6. The lowest BCUT2D eigenvalue weighted by molar-refractivity contribution is -0.0120. The summed E-state index contributed by atoms with van der Waals surface area (Å²) in [5.74, 6) is 1.02. The number of nitrogens with one attached hydrogen (secondary N) is 2. The standard InChI is InChI=1S/C30H36N8O3/c1-17-10-11-32-23(12-17)35-27(39)20-8-6-19(7-9-20)25-24-26(31)33-16-34-30(24,5)38(36-25)22-14-18-13-21(22)37(15-18)28(40)41-29(2,3)4/h6-12,16,18,21-22,36H,13-15H2,1-5H3,(H2,31,33,34)(H,32,35,39). The van der Waals surface area contributed by atoms with Crippen LogP contribution in [-0.2, 0) is 4.74 Å². The van der Waals surface area contributed by atoms with Gasteiger partial charge in [0.25, 0.3) is 5.91 Å². The van der Waals surface area contributed by atoms with Crippen LogP contribution in [0.5, 0.6) is 0 Å². The van der Waals surface area contributed by atoms with Gasteiger partial charge in [-0.05, 0) is 88.8 Å². The Morgan fingerprint density at radius 2 is 1.88 bits per heavy atom. The van der Waals surface area contributed by atoms with Crippen molar-refractivity contribution < 1.29 is 14.3 Å². The van der Waals surface area contributed by atoms with Crippen molar-refractivity contribution in [2.45, 2.75) is 70.8 Å². The molecule has 4 atom stereocenters. The van der Waals surface area contributed by atoms with Crippen LogP contribution >= 0.6 is 0 Å². The summed E-state index contributed by atoms with van der Waals surface area (Å²) in [4.78, 5) is 41.1. The third-order valence-corrected chi connectivity index (χ3v) is 8.19. The SMILES string of the molecule is Cc1ccnc(NC(=O)c2ccc(C3=C4C(N)=NC=NC4(C)N(C4CC5CC4N(C(=O)OC(C)(C)C)C5)N3)cc2)c1. The van der Waals surface area contributed by atoms with E-state index in [1.54, 1.807) is 18.3 Å². The van der Waals surface area contributed by atoms with Crippen LogP contribution in [0.4, 0.5) is 10.6 Å². The number of carbonyl (C=O) groups excluding carboxylic acids is 2. The van der Waals surface area contributed by atoms with Crippen molar-refractivity contribution in [1.29, 1.82) is 0 Å². The summed E-state index contributed by atoms with van der Waals surface area (Å²) in [6.45, 7) is 10.3. The average Bonchev–Trinajstić information content (AvgIpc) is 3.59. The number of rotatable bonds is 4. The molecule has 214 valence electrons. The molecule has 4 aliphatic rings. The zero-order valence-electron chi connectivity index (χ0n) is 24.0. The topological polar surface area (TPSA) is 138 Å². The third-order valence-electron chi connectivity index (χ3n) is 8.19. The second-order valence-electron chi connectivity index (χ2n) is 12.4. The number of nitrogens with zero attached hydrogens (tertiary/aromatic N) is 5. The molecule has 4 heterocycles. The number of likely N-dealkylation sites (tertiary alicyclic amines) is 1. The number of hydrazine groups is 1. The molecule has 2 bridgehead atoms. The molecule has 4 unspecified atom stereocenters. The summed E-state index contributed by atoms with van der Waals surface area (Å²) >= 11 is 0. The molecule has 1 saturated carbocycles. The van der Waals surface area contributed by atoms with Crippen LogP contribution in [-0.4, -0.2) is 69.0 Å². The van der Waals surface area contributed by atoms with Crippen molar-refractivity contribution in [2.24, 2.45) is 21.6 Å². The van der Waals surface area contributed by atoms with E-state index in [1.807, 2.05) is 63.8 Å². The first-order valence-corrected chi connectivity index (χ1v) is 13.9. The largest absolute Gasteiger partial charge is 0.444 e. The number of benzene rings is 1. The summed E-state index contributed by atoms with van der Waals surface area (Å²) < 4.78 is 5.73. The Balaban J connectivity index is 1.26. The predicted molar refractivity (Wildman–Crippen MR) is 157 cm³/mol. The highest BCUT2D eigenvalue weighted by molar-refractivity contribution is 6.10. The number of carbonyl (C=O) groups is 2. The number of amides is 2. The van der Waals surface area contributed by atoms with Crippen molar-refractivity contribution in [1.82, 2.24) is 20.3 Å². The van der Waals surface area contributed by atoms with E-state index in [2.05, 4.69) is 25.7 Å². The number of anilines is 1. The van der Waals surface area contributed by atoms with Gasteiger partial charge >= 0.3 is 6.09 Å². The van der Waals surface area contributed by atoms with Gasteiger partial charge in [0.05, 0.1) is 23.4 Å². The van der Waals surface area contributed by atoms with Gasteiger partial charge in [-0.25, -0.2) is 19.8 Å². The lowest BCUT2D eigenvalue weighted by atomic mass is 9.94. The van der Waals surface area contributed by atoms with Crippen molar-refractivity contribution in [3.63, 3.8) is 0 Å². The monoisotopic (exact) mass is 556 g/mol. The first-order chi connectivity index (χ1) is 19.4. The molecule has 41 heavy (non-hydrogen) atoms. The molecule has 0 radical (unpaired) electrons. The van der Waals surface area contributed by atoms with Gasteiger partial charge in [-0.3, -0.25) is 4.79 Å². The fourth-order valence-electron chi connectivity index (χ4n) is 6.40. The molecule has 2 amide bonds. The summed E-state index contributed by atoms with van der Waals surface area (Å²) in [5, 5.41) is 4.97. The van der Waals surface area contributed by atoms with E-state index < -0.39 is 11.3 Å². The summed E-state index contributed by atoms with van der Waals surface area (Å²) in [7, 11) is 0. The van der Waals surface area contributed by atoms with Crippen molar-refractivity contribution in [3.05, 3.63) is 64.9 Å². The number of aromatic nitrogens is 1. The van der Waals surface area contributed by atoms with Gasteiger partial charge in [0.2, 0.25) is 0 Å². The molecule has 2 fully saturated rings. The van der Waals surface area contributed by atoms with Crippen molar-refractivity contribution in [2.75, 3.05) is 11.9 Å². The molecule has 1 aliphatic carbocycles. The van der Waals surface area contributed by atoms with Gasteiger partial charge in [0.15, 0.2) is 5.66 Å². The number of hydrogen-bond acceptors (Lipinski definition) is 9. The number of fused-ring (bicyclic) bond motifs is 3. The molecular formula is C30H36N8O3. The van der Waals surface area contributed by atoms with Crippen LogP contribution in [0.2, 0.25) is 0 Å².